The Morgan fingerprint density at radius 2 is 1.26 bits per heavy atom. The van der Waals surface area contributed by atoms with Crippen LogP contribution < -0.4 is 0 Å². The molecule has 5 aromatic rings. The van der Waals surface area contributed by atoms with Crippen molar-refractivity contribution < 1.29 is 4.42 Å². The van der Waals surface area contributed by atoms with Crippen LogP contribution >= 0.6 is 0 Å². The molecule has 0 saturated carbocycles. The van der Waals surface area contributed by atoms with Gasteiger partial charge < -0.3 is 4.42 Å². The zero-order chi connectivity index (χ0) is 18.1. The van der Waals surface area contributed by atoms with E-state index in [-0.39, 0.29) is 0 Å². The van der Waals surface area contributed by atoms with Gasteiger partial charge in [0.25, 0.3) is 0 Å². The topological polar surface area (TPSA) is 13.1 Å². The number of furan rings is 1. The molecule has 0 atom stereocenters. The molecule has 0 aliphatic rings. The zero-order valence-corrected chi connectivity index (χ0v) is 14.8. The third kappa shape index (κ3) is 3.04. The van der Waals surface area contributed by atoms with E-state index in [1.54, 1.807) is 0 Å². The molecule has 1 nitrogen and oxygen atoms in total. The third-order valence-electron chi connectivity index (χ3n) is 4.89. The van der Waals surface area contributed by atoms with Gasteiger partial charge in [0, 0.05) is 10.9 Å². The number of benzene rings is 4. The summed E-state index contributed by atoms with van der Waals surface area (Å²) in [5.41, 5.74) is 4.39. The highest BCUT2D eigenvalue weighted by Gasteiger charge is 2.08. The number of hydrogen-bond donors (Lipinski definition) is 0. The van der Waals surface area contributed by atoms with E-state index in [0.29, 0.717) is 0 Å². The minimum absolute atomic E-state index is 0.903. The van der Waals surface area contributed by atoms with E-state index < -0.39 is 0 Å². The van der Waals surface area contributed by atoms with Crippen molar-refractivity contribution in [3.8, 4) is 11.3 Å². The average Bonchev–Trinajstić information content (AvgIpc) is 3.18. The van der Waals surface area contributed by atoms with Crippen molar-refractivity contribution in [1.82, 2.24) is 0 Å². The van der Waals surface area contributed by atoms with Gasteiger partial charge >= 0.3 is 0 Å². The second-order valence-corrected chi connectivity index (χ2v) is 6.68. The maximum Gasteiger partial charge on any atom is 0.135 e. The Kier molecular flexibility index (Phi) is 3.84. The second-order valence-electron chi connectivity index (χ2n) is 6.68. The zero-order valence-electron chi connectivity index (χ0n) is 14.8. The number of rotatable bonds is 3. The largest absolute Gasteiger partial charge is 0.456 e. The number of hydrogen-bond acceptors (Lipinski definition) is 1. The van der Waals surface area contributed by atoms with Gasteiger partial charge in [-0.25, -0.2) is 0 Å². The Morgan fingerprint density at radius 3 is 2.07 bits per heavy atom. The van der Waals surface area contributed by atoms with Crippen molar-refractivity contribution in [2.45, 2.75) is 0 Å². The minimum Gasteiger partial charge on any atom is -0.456 e. The first-order valence-corrected chi connectivity index (χ1v) is 9.12. The van der Waals surface area contributed by atoms with E-state index in [1.807, 2.05) is 18.2 Å². The van der Waals surface area contributed by atoms with Gasteiger partial charge in [-0.05, 0) is 34.0 Å². The van der Waals surface area contributed by atoms with Crippen LogP contribution in [0.25, 0.3) is 45.2 Å². The lowest BCUT2D eigenvalue weighted by molar-refractivity contribution is 0.632. The number of fused-ring (bicyclic) bond motifs is 3. The molecule has 128 valence electrons. The predicted molar refractivity (Wildman–Crippen MR) is 115 cm³/mol. The summed E-state index contributed by atoms with van der Waals surface area (Å²) in [4.78, 5) is 0. The van der Waals surface area contributed by atoms with Crippen molar-refractivity contribution in [3.05, 3.63) is 108 Å². The van der Waals surface area contributed by atoms with Crippen LogP contribution in [0.3, 0.4) is 0 Å². The van der Waals surface area contributed by atoms with Crippen LogP contribution in [0, 0.1) is 0 Å². The molecule has 0 aliphatic heterocycles. The third-order valence-corrected chi connectivity index (χ3v) is 4.89. The maximum atomic E-state index is 6.11. The van der Waals surface area contributed by atoms with Gasteiger partial charge in [0.05, 0.1) is 0 Å². The van der Waals surface area contributed by atoms with Gasteiger partial charge in [-0.15, -0.1) is 0 Å². The highest BCUT2D eigenvalue weighted by atomic mass is 16.3. The van der Waals surface area contributed by atoms with E-state index in [1.165, 1.54) is 21.9 Å². The smallest absolute Gasteiger partial charge is 0.135 e. The van der Waals surface area contributed by atoms with Crippen molar-refractivity contribution in [2.24, 2.45) is 0 Å². The molecular weight excluding hydrogens is 328 g/mol. The van der Waals surface area contributed by atoms with E-state index >= 15 is 0 Å². The molecule has 1 heteroatoms. The quantitative estimate of drug-likeness (QED) is 0.310. The molecule has 0 N–H and O–H groups in total. The first-order chi connectivity index (χ1) is 13.4. The summed E-state index contributed by atoms with van der Waals surface area (Å²) in [7, 11) is 0. The fourth-order valence-electron chi connectivity index (χ4n) is 3.45. The van der Waals surface area contributed by atoms with E-state index in [0.717, 1.165) is 22.3 Å². The Morgan fingerprint density at radius 1 is 0.556 bits per heavy atom. The lowest BCUT2D eigenvalue weighted by Crippen LogP contribution is -1.76. The maximum absolute atomic E-state index is 6.11. The molecule has 4 aromatic carbocycles. The molecule has 0 spiro atoms. The Bertz CT molecular complexity index is 1240. The summed E-state index contributed by atoms with van der Waals surface area (Å²) >= 11 is 0. The molecule has 0 amide bonds. The fourth-order valence-corrected chi connectivity index (χ4v) is 3.45. The van der Waals surface area contributed by atoms with Crippen LogP contribution in [-0.2, 0) is 0 Å². The Labute approximate surface area is 158 Å². The molecule has 0 fully saturated rings. The van der Waals surface area contributed by atoms with E-state index in [9.17, 15) is 0 Å². The molecule has 1 heterocycles. The Balaban J connectivity index is 1.48. The highest BCUT2D eigenvalue weighted by molar-refractivity contribution is 6.07. The van der Waals surface area contributed by atoms with Gasteiger partial charge in [-0.1, -0.05) is 97.1 Å². The summed E-state index contributed by atoms with van der Waals surface area (Å²) in [5.74, 6) is 0.903. The minimum atomic E-state index is 0.903. The molecule has 0 radical (unpaired) electrons. The fraction of sp³-hybridized carbons (Fsp3) is 0. The second kappa shape index (κ2) is 6.62. The van der Waals surface area contributed by atoms with Crippen LogP contribution in [0.15, 0.2) is 101 Å². The van der Waals surface area contributed by atoms with Crippen molar-refractivity contribution in [3.63, 3.8) is 0 Å². The predicted octanol–water partition coefficient (Wildman–Crippen LogP) is 7.42. The van der Waals surface area contributed by atoms with Crippen LogP contribution in [0.1, 0.15) is 11.1 Å². The molecular formula is C26H18O. The van der Waals surface area contributed by atoms with Gasteiger partial charge in [0.15, 0.2) is 0 Å². The normalized spacial score (nSPS) is 11.6. The summed E-state index contributed by atoms with van der Waals surface area (Å²) in [6.45, 7) is 0. The van der Waals surface area contributed by atoms with Crippen LogP contribution in [0.2, 0.25) is 0 Å². The Hall–Kier alpha value is -3.58. The van der Waals surface area contributed by atoms with Crippen molar-refractivity contribution >= 4 is 33.9 Å². The molecule has 0 saturated heterocycles. The molecule has 1 aromatic heterocycles. The van der Waals surface area contributed by atoms with Crippen LogP contribution in [0.4, 0.5) is 0 Å². The van der Waals surface area contributed by atoms with Crippen LogP contribution in [-0.4, -0.2) is 0 Å². The highest BCUT2D eigenvalue weighted by Crippen LogP contribution is 2.32. The van der Waals surface area contributed by atoms with Gasteiger partial charge in [-0.3, -0.25) is 0 Å². The molecule has 0 bridgehead atoms. The average molecular weight is 346 g/mol. The van der Waals surface area contributed by atoms with Crippen molar-refractivity contribution in [2.75, 3.05) is 0 Å². The van der Waals surface area contributed by atoms with Gasteiger partial charge in [0.1, 0.15) is 11.3 Å². The molecule has 0 aliphatic carbocycles. The van der Waals surface area contributed by atoms with Gasteiger partial charge in [-0.2, -0.15) is 0 Å². The summed E-state index contributed by atoms with van der Waals surface area (Å²) in [5, 5.41) is 3.63. The lowest BCUT2D eigenvalue weighted by atomic mass is 10.1. The first-order valence-electron chi connectivity index (χ1n) is 9.12. The summed E-state index contributed by atoms with van der Waals surface area (Å²) in [6, 6.07) is 33.5. The van der Waals surface area contributed by atoms with Crippen molar-refractivity contribution in [1.29, 1.82) is 0 Å². The molecule has 27 heavy (non-hydrogen) atoms. The molecule has 5 rings (SSSR count). The molecule has 0 unspecified atom stereocenters. The summed E-state index contributed by atoms with van der Waals surface area (Å²) < 4.78 is 6.11. The van der Waals surface area contributed by atoms with E-state index in [4.69, 9.17) is 4.42 Å². The first kappa shape index (κ1) is 15.7. The van der Waals surface area contributed by atoms with Gasteiger partial charge in [0.2, 0.25) is 0 Å². The standard InChI is InChI=1S/C26H18O/c1-2-6-19(7-3-1)10-11-20-12-14-22(15-13-20)26-18-24-23-9-5-4-8-21(23)16-17-25(24)27-26/h1-18H/b11-10+. The SMILES string of the molecule is C(=C\c1ccc(-c2cc3c(ccc4ccccc43)o2)cc1)/c1ccccc1. The summed E-state index contributed by atoms with van der Waals surface area (Å²) in [6.07, 6.45) is 4.26. The van der Waals surface area contributed by atoms with Crippen LogP contribution in [0.5, 0.6) is 0 Å². The monoisotopic (exact) mass is 346 g/mol. The van der Waals surface area contributed by atoms with E-state index in [2.05, 4.69) is 91.0 Å². The lowest BCUT2D eigenvalue weighted by Gasteiger charge is -1.98.